The fourth-order valence-electron chi connectivity index (χ4n) is 2.18. The van der Waals surface area contributed by atoms with E-state index in [1.165, 1.54) is 12.1 Å². The number of ether oxygens (including phenoxy) is 1. The molecule has 1 amide bonds. The molecule has 1 atom stereocenters. The topological polar surface area (TPSA) is 72.7 Å². The van der Waals surface area contributed by atoms with Gasteiger partial charge >= 0.3 is 0 Å². The number of benzene rings is 1. The highest BCUT2D eigenvalue weighted by atomic mass is 16.6. The maximum absolute atomic E-state index is 12.3. The molecule has 102 valence electrons. The van der Waals surface area contributed by atoms with Gasteiger partial charge in [-0.3, -0.25) is 14.9 Å². The van der Waals surface area contributed by atoms with E-state index in [2.05, 4.69) is 0 Å². The number of nitrogens with zero attached hydrogens (tertiary/aromatic N) is 2. The fraction of sp³-hybridized carbons (Fsp3) is 0.462. The van der Waals surface area contributed by atoms with Crippen LogP contribution in [-0.2, 0) is 4.79 Å². The molecule has 0 saturated carbocycles. The molecular formula is C13H16N2O4. The Labute approximate surface area is 111 Å². The van der Waals surface area contributed by atoms with Crippen molar-refractivity contribution in [2.45, 2.75) is 39.3 Å². The number of fused-ring (bicyclic) bond motifs is 1. The Bertz CT molecular complexity index is 527. The van der Waals surface area contributed by atoms with E-state index in [1.807, 2.05) is 20.8 Å². The van der Waals surface area contributed by atoms with Crippen LogP contribution >= 0.6 is 0 Å². The molecule has 19 heavy (non-hydrogen) atoms. The Morgan fingerprint density at radius 2 is 2.16 bits per heavy atom. The second-order valence-electron chi connectivity index (χ2n) is 4.73. The molecule has 0 bridgehead atoms. The van der Waals surface area contributed by atoms with Gasteiger partial charge in [-0.25, -0.2) is 0 Å². The van der Waals surface area contributed by atoms with Crippen LogP contribution in [0.5, 0.6) is 5.75 Å². The molecule has 0 aliphatic carbocycles. The zero-order valence-corrected chi connectivity index (χ0v) is 11.1. The summed E-state index contributed by atoms with van der Waals surface area (Å²) in [6, 6.07) is 4.25. The summed E-state index contributed by atoms with van der Waals surface area (Å²) in [5, 5.41) is 10.8. The van der Waals surface area contributed by atoms with Gasteiger partial charge in [0.25, 0.3) is 11.6 Å². The minimum absolute atomic E-state index is 0.0456. The lowest BCUT2D eigenvalue weighted by Crippen LogP contribution is -2.48. The lowest BCUT2D eigenvalue weighted by atomic mass is 10.1. The first-order valence-corrected chi connectivity index (χ1v) is 6.23. The van der Waals surface area contributed by atoms with E-state index in [-0.39, 0.29) is 17.6 Å². The van der Waals surface area contributed by atoms with Gasteiger partial charge in [-0.1, -0.05) is 6.92 Å². The van der Waals surface area contributed by atoms with Crippen LogP contribution in [0.4, 0.5) is 11.4 Å². The van der Waals surface area contributed by atoms with Crippen LogP contribution in [0, 0.1) is 10.1 Å². The highest BCUT2D eigenvalue weighted by molar-refractivity contribution is 6.00. The van der Waals surface area contributed by atoms with Crippen LogP contribution in [0.2, 0.25) is 0 Å². The maximum atomic E-state index is 12.3. The number of carbonyl (C=O) groups excluding carboxylic acids is 1. The number of rotatable bonds is 3. The van der Waals surface area contributed by atoms with Gasteiger partial charge in [0, 0.05) is 18.2 Å². The summed E-state index contributed by atoms with van der Waals surface area (Å²) < 4.78 is 5.59. The summed E-state index contributed by atoms with van der Waals surface area (Å²) in [4.78, 5) is 24.2. The molecule has 1 aliphatic heterocycles. The van der Waals surface area contributed by atoms with Crippen molar-refractivity contribution in [2.24, 2.45) is 0 Å². The lowest BCUT2D eigenvalue weighted by Gasteiger charge is -2.36. The van der Waals surface area contributed by atoms with E-state index in [0.717, 1.165) is 0 Å². The number of hydrogen-bond donors (Lipinski definition) is 0. The van der Waals surface area contributed by atoms with Gasteiger partial charge < -0.3 is 9.64 Å². The van der Waals surface area contributed by atoms with Crippen molar-refractivity contribution in [3.8, 4) is 5.75 Å². The molecule has 0 N–H and O–H groups in total. The summed E-state index contributed by atoms with van der Waals surface area (Å²) in [6.07, 6.45) is 0.0507. The number of nitro groups is 1. The van der Waals surface area contributed by atoms with Gasteiger partial charge in [0.15, 0.2) is 6.10 Å². The van der Waals surface area contributed by atoms with Gasteiger partial charge in [-0.05, 0) is 26.3 Å². The van der Waals surface area contributed by atoms with E-state index in [9.17, 15) is 14.9 Å². The second kappa shape index (κ2) is 4.87. The van der Waals surface area contributed by atoms with Gasteiger partial charge in [0.2, 0.25) is 0 Å². The predicted octanol–water partition coefficient (Wildman–Crippen LogP) is 2.51. The number of hydrogen-bond acceptors (Lipinski definition) is 4. The van der Waals surface area contributed by atoms with Crippen molar-refractivity contribution in [1.82, 2.24) is 0 Å². The molecule has 1 unspecified atom stereocenters. The van der Waals surface area contributed by atoms with Crippen LogP contribution in [0.25, 0.3) is 0 Å². The Kier molecular flexibility index (Phi) is 3.42. The maximum Gasteiger partial charge on any atom is 0.271 e. The van der Waals surface area contributed by atoms with Gasteiger partial charge in [-0.2, -0.15) is 0 Å². The number of nitro benzene ring substituents is 1. The molecule has 0 radical (unpaired) electrons. The normalized spacial score (nSPS) is 18.2. The summed E-state index contributed by atoms with van der Waals surface area (Å²) >= 11 is 0. The summed E-state index contributed by atoms with van der Waals surface area (Å²) in [6.45, 7) is 5.62. The third kappa shape index (κ3) is 2.25. The standard InChI is InChI=1S/C13H16N2O4/c1-4-11-13(16)14(8(2)3)10-7-9(15(17)18)5-6-12(10)19-11/h5-8,11H,4H2,1-3H3. The van der Waals surface area contributed by atoms with Crippen LogP contribution in [-0.4, -0.2) is 23.0 Å². The SMILES string of the molecule is CCC1Oc2ccc([N+](=O)[O-])cc2N(C(C)C)C1=O. The predicted molar refractivity (Wildman–Crippen MR) is 70.4 cm³/mol. The summed E-state index contributed by atoms with van der Waals surface area (Å²) in [7, 11) is 0. The van der Waals surface area contributed by atoms with Crippen molar-refractivity contribution in [2.75, 3.05) is 4.90 Å². The molecule has 1 aromatic carbocycles. The minimum Gasteiger partial charge on any atom is -0.478 e. The third-order valence-corrected chi connectivity index (χ3v) is 3.08. The zero-order chi connectivity index (χ0) is 14.2. The van der Waals surface area contributed by atoms with Gasteiger partial charge in [0.05, 0.1) is 10.6 Å². The van der Waals surface area contributed by atoms with Crippen molar-refractivity contribution in [1.29, 1.82) is 0 Å². The monoisotopic (exact) mass is 264 g/mol. The highest BCUT2D eigenvalue weighted by Gasteiger charge is 2.35. The Balaban J connectivity index is 2.53. The van der Waals surface area contributed by atoms with Crippen molar-refractivity contribution >= 4 is 17.3 Å². The van der Waals surface area contributed by atoms with E-state index in [4.69, 9.17) is 4.74 Å². The van der Waals surface area contributed by atoms with Crippen molar-refractivity contribution in [3.05, 3.63) is 28.3 Å². The van der Waals surface area contributed by atoms with Crippen LogP contribution in [0.3, 0.4) is 0 Å². The molecule has 0 spiro atoms. The van der Waals surface area contributed by atoms with E-state index in [0.29, 0.717) is 17.9 Å². The Hall–Kier alpha value is -2.11. The second-order valence-corrected chi connectivity index (χ2v) is 4.73. The smallest absolute Gasteiger partial charge is 0.271 e. The molecule has 1 aromatic rings. The molecule has 1 heterocycles. The molecule has 0 aromatic heterocycles. The van der Waals surface area contributed by atoms with E-state index < -0.39 is 11.0 Å². The molecule has 6 heteroatoms. The fourth-order valence-corrected chi connectivity index (χ4v) is 2.18. The average Bonchev–Trinajstić information content (AvgIpc) is 2.36. The first-order chi connectivity index (χ1) is 8.95. The van der Waals surface area contributed by atoms with Gasteiger partial charge in [-0.15, -0.1) is 0 Å². The summed E-state index contributed by atoms with van der Waals surface area (Å²) in [5.41, 5.74) is 0.426. The molecule has 6 nitrogen and oxygen atoms in total. The van der Waals surface area contributed by atoms with Gasteiger partial charge in [0.1, 0.15) is 5.75 Å². The quantitative estimate of drug-likeness (QED) is 0.621. The largest absolute Gasteiger partial charge is 0.478 e. The third-order valence-electron chi connectivity index (χ3n) is 3.08. The first kappa shape index (κ1) is 13.3. The molecule has 0 saturated heterocycles. The molecule has 0 fully saturated rings. The molecule has 2 rings (SSSR count). The number of anilines is 1. The number of amides is 1. The highest BCUT2D eigenvalue weighted by Crippen LogP contribution is 2.38. The number of carbonyl (C=O) groups is 1. The Morgan fingerprint density at radius 1 is 1.47 bits per heavy atom. The average molecular weight is 264 g/mol. The number of non-ortho nitro benzene ring substituents is 1. The van der Waals surface area contributed by atoms with Crippen molar-refractivity contribution < 1.29 is 14.5 Å². The molecular weight excluding hydrogens is 248 g/mol. The first-order valence-electron chi connectivity index (χ1n) is 6.23. The zero-order valence-electron chi connectivity index (χ0n) is 11.1. The van der Waals surface area contributed by atoms with Crippen LogP contribution < -0.4 is 9.64 Å². The minimum atomic E-state index is -0.517. The van der Waals surface area contributed by atoms with E-state index in [1.54, 1.807) is 11.0 Å². The lowest BCUT2D eigenvalue weighted by molar-refractivity contribution is -0.384. The van der Waals surface area contributed by atoms with Crippen LogP contribution in [0.15, 0.2) is 18.2 Å². The van der Waals surface area contributed by atoms with Crippen LogP contribution in [0.1, 0.15) is 27.2 Å². The van der Waals surface area contributed by atoms with Crippen molar-refractivity contribution in [3.63, 3.8) is 0 Å². The Morgan fingerprint density at radius 3 is 2.68 bits per heavy atom. The molecule has 1 aliphatic rings. The van der Waals surface area contributed by atoms with E-state index >= 15 is 0 Å². The summed E-state index contributed by atoms with van der Waals surface area (Å²) in [5.74, 6) is 0.372.